The highest BCUT2D eigenvalue weighted by molar-refractivity contribution is 5.93. The van der Waals surface area contributed by atoms with E-state index in [1.807, 2.05) is 30.1 Å². The number of hydrogen-bond donors (Lipinski definition) is 1. The summed E-state index contributed by atoms with van der Waals surface area (Å²) < 4.78 is 7.95. The summed E-state index contributed by atoms with van der Waals surface area (Å²) in [5.41, 5.74) is 5.56. The maximum atomic E-state index is 12.6. The number of hydrogen-bond acceptors (Lipinski definition) is 3. The summed E-state index contributed by atoms with van der Waals surface area (Å²) in [7, 11) is 1.94. The number of ether oxygens (including phenoxy) is 1. The van der Waals surface area contributed by atoms with Crippen molar-refractivity contribution in [2.75, 3.05) is 5.32 Å². The molecule has 1 aromatic heterocycles. The van der Waals surface area contributed by atoms with Gasteiger partial charge in [0.1, 0.15) is 0 Å². The number of rotatable bonds is 5. The SMILES string of the molecule is Cc1cccc(NC(=O)C2CCC(OCc3c(C)cnn3C)CC2)c1C. The first-order chi connectivity index (χ1) is 12.5. The first-order valence-electron chi connectivity index (χ1n) is 9.42. The van der Waals surface area contributed by atoms with Gasteiger partial charge in [-0.2, -0.15) is 5.10 Å². The Balaban J connectivity index is 1.49. The fourth-order valence-electron chi connectivity index (χ4n) is 3.59. The van der Waals surface area contributed by atoms with Crippen LogP contribution in [0.1, 0.15) is 48.1 Å². The molecule has 1 aliphatic carbocycles. The first kappa shape index (κ1) is 18.6. The van der Waals surface area contributed by atoms with Gasteiger partial charge in [0.2, 0.25) is 5.91 Å². The van der Waals surface area contributed by atoms with Crippen LogP contribution in [0.5, 0.6) is 0 Å². The third-order valence-corrected chi connectivity index (χ3v) is 5.63. The summed E-state index contributed by atoms with van der Waals surface area (Å²) in [6.45, 7) is 6.76. The molecule has 1 amide bonds. The molecule has 1 aliphatic rings. The van der Waals surface area contributed by atoms with Crippen LogP contribution in [0.3, 0.4) is 0 Å². The van der Waals surface area contributed by atoms with Gasteiger partial charge in [-0.1, -0.05) is 12.1 Å². The Morgan fingerprint density at radius 1 is 1.19 bits per heavy atom. The molecule has 26 heavy (non-hydrogen) atoms. The van der Waals surface area contributed by atoms with Crippen molar-refractivity contribution in [3.8, 4) is 0 Å². The Hall–Kier alpha value is -2.14. The molecule has 0 spiro atoms. The maximum absolute atomic E-state index is 12.6. The molecule has 1 aromatic carbocycles. The van der Waals surface area contributed by atoms with Gasteiger partial charge in [-0.3, -0.25) is 9.48 Å². The lowest BCUT2D eigenvalue weighted by Gasteiger charge is -2.28. The van der Waals surface area contributed by atoms with Gasteiger partial charge in [0, 0.05) is 18.7 Å². The summed E-state index contributed by atoms with van der Waals surface area (Å²) in [5, 5.41) is 7.37. The number of carbonyl (C=O) groups is 1. The largest absolute Gasteiger partial charge is 0.372 e. The van der Waals surface area contributed by atoms with Gasteiger partial charge in [-0.05, 0) is 69.2 Å². The number of nitrogens with zero attached hydrogens (tertiary/aromatic N) is 2. The van der Waals surface area contributed by atoms with E-state index in [9.17, 15) is 4.79 Å². The van der Waals surface area contributed by atoms with Crippen molar-refractivity contribution in [3.05, 3.63) is 46.8 Å². The molecule has 5 nitrogen and oxygen atoms in total. The fourth-order valence-corrected chi connectivity index (χ4v) is 3.59. The van der Waals surface area contributed by atoms with Crippen LogP contribution in [0.15, 0.2) is 24.4 Å². The molecule has 1 N–H and O–H groups in total. The standard InChI is InChI=1S/C21H29N3O2/c1-14-6-5-7-19(16(14)3)23-21(25)17-8-10-18(11-9-17)26-13-20-15(2)12-22-24(20)4/h5-7,12,17-18H,8-11,13H2,1-4H3,(H,23,25). The van der Waals surface area contributed by atoms with E-state index in [-0.39, 0.29) is 17.9 Å². The van der Waals surface area contributed by atoms with Crippen molar-refractivity contribution in [2.45, 2.75) is 59.2 Å². The lowest BCUT2D eigenvalue weighted by molar-refractivity contribution is -0.121. The van der Waals surface area contributed by atoms with E-state index in [1.54, 1.807) is 0 Å². The zero-order chi connectivity index (χ0) is 18.7. The molecule has 0 bridgehead atoms. The maximum Gasteiger partial charge on any atom is 0.227 e. The normalized spacial score (nSPS) is 20.2. The topological polar surface area (TPSA) is 56.1 Å². The highest BCUT2D eigenvalue weighted by atomic mass is 16.5. The summed E-state index contributed by atoms with van der Waals surface area (Å²) in [5.74, 6) is 0.216. The third kappa shape index (κ3) is 4.15. The zero-order valence-electron chi connectivity index (χ0n) is 16.2. The van der Waals surface area contributed by atoms with Gasteiger partial charge in [-0.15, -0.1) is 0 Å². The smallest absolute Gasteiger partial charge is 0.227 e. The molecular formula is C21H29N3O2. The van der Waals surface area contributed by atoms with Crippen LogP contribution in [-0.2, 0) is 23.2 Å². The number of aryl methyl sites for hydroxylation is 3. The molecule has 5 heteroatoms. The van der Waals surface area contributed by atoms with E-state index >= 15 is 0 Å². The molecule has 0 atom stereocenters. The van der Waals surface area contributed by atoms with E-state index in [0.717, 1.165) is 48.2 Å². The van der Waals surface area contributed by atoms with Crippen LogP contribution in [0.2, 0.25) is 0 Å². The van der Waals surface area contributed by atoms with Gasteiger partial charge < -0.3 is 10.1 Å². The molecule has 1 heterocycles. The summed E-state index contributed by atoms with van der Waals surface area (Å²) in [4.78, 5) is 12.6. The Bertz CT molecular complexity index is 754. The number of amides is 1. The quantitative estimate of drug-likeness (QED) is 0.880. The predicted octanol–water partition coefficient (Wildman–Crippen LogP) is 4.06. The molecular weight excluding hydrogens is 326 g/mol. The molecule has 0 unspecified atom stereocenters. The van der Waals surface area contributed by atoms with Crippen molar-refractivity contribution in [1.82, 2.24) is 9.78 Å². The van der Waals surface area contributed by atoms with Gasteiger partial charge >= 0.3 is 0 Å². The fraction of sp³-hybridized carbons (Fsp3) is 0.524. The average molecular weight is 355 g/mol. The van der Waals surface area contributed by atoms with Crippen molar-refractivity contribution in [2.24, 2.45) is 13.0 Å². The molecule has 3 rings (SSSR count). The Morgan fingerprint density at radius 2 is 1.92 bits per heavy atom. The van der Waals surface area contributed by atoms with E-state index < -0.39 is 0 Å². The minimum atomic E-state index is 0.0770. The second kappa shape index (κ2) is 8.04. The van der Waals surface area contributed by atoms with E-state index in [0.29, 0.717) is 6.61 Å². The van der Waals surface area contributed by atoms with Crippen molar-refractivity contribution in [3.63, 3.8) is 0 Å². The molecule has 1 fully saturated rings. The second-order valence-electron chi connectivity index (χ2n) is 7.42. The Kier molecular flexibility index (Phi) is 5.77. The van der Waals surface area contributed by atoms with Gasteiger partial charge in [-0.25, -0.2) is 0 Å². The van der Waals surface area contributed by atoms with Crippen LogP contribution >= 0.6 is 0 Å². The molecule has 1 saturated carbocycles. The number of carbonyl (C=O) groups excluding carboxylic acids is 1. The van der Waals surface area contributed by atoms with Crippen LogP contribution in [0.4, 0.5) is 5.69 Å². The van der Waals surface area contributed by atoms with Gasteiger partial charge in [0.25, 0.3) is 0 Å². The number of nitrogens with one attached hydrogen (secondary N) is 1. The minimum Gasteiger partial charge on any atom is -0.372 e. The number of anilines is 1. The average Bonchev–Trinajstić information content (AvgIpc) is 2.95. The lowest BCUT2D eigenvalue weighted by Crippen LogP contribution is -2.30. The molecule has 0 saturated heterocycles. The molecule has 0 radical (unpaired) electrons. The highest BCUT2D eigenvalue weighted by Crippen LogP contribution is 2.29. The van der Waals surface area contributed by atoms with Crippen LogP contribution in [0, 0.1) is 26.7 Å². The van der Waals surface area contributed by atoms with E-state index in [4.69, 9.17) is 4.74 Å². The van der Waals surface area contributed by atoms with Gasteiger partial charge in [0.15, 0.2) is 0 Å². The predicted molar refractivity (Wildman–Crippen MR) is 103 cm³/mol. The van der Waals surface area contributed by atoms with Crippen molar-refractivity contribution >= 4 is 11.6 Å². The number of aromatic nitrogens is 2. The summed E-state index contributed by atoms with van der Waals surface area (Å²) in [6, 6.07) is 6.03. The van der Waals surface area contributed by atoms with Crippen LogP contribution in [0.25, 0.3) is 0 Å². The summed E-state index contributed by atoms with van der Waals surface area (Å²) in [6.07, 6.45) is 5.72. The van der Waals surface area contributed by atoms with E-state index in [2.05, 4.69) is 37.3 Å². The van der Waals surface area contributed by atoms with Crippen molar-refractivity contribution < 1.29 is 9.53 Å². The van der Waals surface area contributed by atoms with Gasteiger partial charge in [0.05, 0.1) is 24.6 Å². The van der Waals surface area contributed by atoms with Crippen LogP contribution in [-0.4, -0.2) is 21.8 Å². The highest BCUT2D eigenvalue weighted by Gasteiger charge is 2.27. The summed E-state index contributed by atoms with van der Waals surface area (Å²) >= 11 is 0. The van der Waals surface area contributed by atoms with Crippen molar-refractivity contribution in [1.29, 1.82) is 0 Å². The van der Waals surface area contributed by atoms with Crippen LogP contribution < -0.4 is 5.32 Å². The second-order valence-corrected chi connectivity index (χ2v) is 7.42. The third-order valence-electron chi connectivity index (χ3n) is 5.63. The molecule has 0 aliphatic heterocycles. The monoisotopic (exact) mass is 355 g/mol. The Labute approximate surface area is 155 Å². The number of benzene rings is 1. The zero-order valence-corrected chi connectivity index (χ0v) is 16.2. The lowest BCUT2D eigenvalue weighted by atomic mass is 9.86. The minimum absolute atomic E-state index is 0.0770. The molecule has 140 valence electrons. The Morgan fingerprint density at radius 3 is 2.58 bits per heavy atom. The first-order valence-corrected chi connectivity index (χ1v) is 9.42. The molecule has 2 aromatic rings. The van der Waals surface area contributed by atoms with E-state index in [1.165, 1.54) is 5.56 Å².